The molecule has 0 aliphatic rings. The van der Waals surface area contributed by atoms with E-state index in [9.17, 15) is 0 Å². The van der Waals surface area contributed by atoms with Crippen LogP contribution >= 0.6 is 12.2 Å². The quantitative estimate of drug-likeness (QED) is 0.786. The largest absolute Gasteiger partial charge is 0.252 e. The van der Waals surface area contributed by atoms with Gasteiger partial charge in [0.05, 0.1) is 11.4 Å². The molecule has 0 saturated carbocycles. The Labute approximate surface area is 93.2 Å². The first-order valence-corrected chi connectivity index (χ1v) is 5.23. The Balaban J connectivity index is 2.61. The van der Waals surface area contributed by atoms with Gasteiger partial charge in [-0.05, 0) is 18.6 Å². The molecule has 0 bridgehead atoms. The average Bonchev–Trinajstić information content (AvgIpc) is 2.30. The summed E-state index contributed by atoms with van der Waals surface area (Å²) >= 11 is 4.98. The summed E-state index contributed by atoms with van der Waals surface area (Å²) in [5, 5.41) is 6.90. The fourth-order valence-electron chi connectivity index (χ4n) is 1.43. The van der Waals surface area contributed by atoms with Gasteiger partial charge in [0.25, 0.3) is 0 Å². The molecule has 0 fully saturated rings. The first-order chi connectivity index (χ1) is 7.31. The van der Waals surface area contributed by atoms with Crippen molar-refractivity contribution < 1.29 is 0 Å². The number of H-pyrrole nitrogens is 1. The van der Waals surface area contributed by atoms with Crippen molar-refractivity contribution >= 4 is 12.2 Å². The average molecular weight is 217 g/mol. The standard InChI is InChI=1S/C11H11N3S/c1-2-9-10(12-11(15)14-13-9)8-6-4-3-5-7-8/h3-7H,2H2,1H3,(H,12,14,15). The molecule has 1 aromatic heterocycles. The minimum Gasteiger partial charge on any atom is -0.252 e. The van der Waals surface area contributed by atoms with Crippen molar-refractivity contribution in [3.63, 3.8) is 0 Å². The summed E-state index contributed by atoms with van der Waals surface area (Å²) in [6, 6.07) is 9.97. The third-order valence-corrected chi connectivity index (χ3v) is 2.34. The Bertz CT molecular complexity index is 505. The maximum Gasteiger partial charge on any atom is 0.214 e. The van der Waals surface area contributed by atoms with E-state index >= 15 is 0 Å². The van der Waals surface area contributed by atoms with Crippen LogP contribution in [0.25, 0.3) is 11.3 Å². The number of nitrogens with one attached hydrogen (secondary N) is 1. The molecule has 1 N–H and O–H groups in total. The van der Waals surface area contributed by atoms with Crippen molar-refractivity contribution in [2.75, 3.05) is 0 Å². The third-order valence-electron chi connectivity index (χ3n) is 2.16. The molecule has 0 saturated heterocycles. The molecule has 0 aliphatic heterocycles. The molecule has 0 spiro atoms. The Hall–Kier alpha value is -1.55. The monoisotopic (exact) mass is 217 g/mol. The van der Waals surface area contributed by atoms with E-state index < -0.39 is 0 Å². The van der Waals surface area contributed by atoms with E-state index in [2.05, 4.69) is 15.2 Å². The fraction of sp³-hybridized carbons (Fsp3) is 0.182. The molecule has 76 valence electrons. The Morgan fingerprint density at radius 3 is 2.67 bits per heavy atom. The second kappa shape index (κ2) is 4.31. The molecule has 15 heavy (non-hydrogen) atoms. The van der Waals surface area contributed by atoms with Gasteiger partial charge in [0.2, 0.25) is 4.77 Å². The van der Waals surface area contributed by atoms with Crippen molar-refractivity contribution in [3.05, 3.63) is 40.8 Å². The first-order valence-electron chi connectivity index (χ1n) is 4.82. The summed E-state index contributed by atoms with van der Waals surface area (Å²) in [5.74, 6) is 0. The summed E-state index contributed by atoms with van der Waals surface area (Å²) < 4.78 is 0.422. The Morgan fingerprint density at radius 1 is 1.27 bits per heavy atom. The molecular weight excluding hydrogens is 206 g/mol. The van der Waals surface area contributed by atoms with Crippen LogP contribution in [-0.4, -0.2) is 15.2 Å². The number of aromatic amines is 1. The summed E-state index contributed by atoms with van der Waals surface area (Å²) in [6.07, 6.45) is 0.837. The zero-order valence-corrected chi connectivity index (χ0v) is 9.21. The summed E-state index contributed by atoms with van der Waals surface area (Å²) in [4.78, 5) is 4.31. The molecule has 0 atom stereocenters. The third kappa shape index (κ3) is 2.10. The molecule has 0 unspecified atom stereocenters. The molecule has 1 heterocycles. The van der Waals surface area contributed by atoms with Gasteiger partial charge in [0.15, 0.2) is 0 Å². The van der Waals surface area contributed by atoms with E-state index in [-0.39, 0.29) is 0 Å². The zero-order valence-electron chi connectivity index (χ0n) is 8.40. The molecule has 0 aliphatic carbocycles. The number of nitrogens with zero attached hydrogens (tertiary/aromatic N) is 2. The van der Waals surface area contributed by atoms with Crippen LogP contribution in [-0.2, 0) is 6.42 Å². The van der Waals surface area contributed by atoms with Gasteiger partial charge >= 0.3 is 0 Å². The Morgan fingerprint density at radius 2 is 2.00 bits per heavy atom. The highest BCUT2D eigenvalue weighted by molar-refractivity contribution is 7.71. The lowest BCUT2D eigenvalue weighted by atomic mass is 10.1. The number of rotatable bonds is 2. The molecule has 4 heteroatoms. The number of benzene rings is 1. The number of aromatic nitrogens is 3. The zero-order chi connectivity index (χ0) is 10.7. The van der Waals surface area contributed by atoms with Gasteiger partial charge in [-0.25, -0.2) is 4.98 Å². The molecule has 3 nitrogen and oxygen atoms in total. The van der Waals surface area contributed by atoms with E-state index in [0.29, 0.717) is 4.77 Å². The van der Waals surface area contributed by atoms with Gasteiger partial charge < -0.3 is 0 Å². The topological polar surface area (TPSA) is 41.6 Å². The van der Waals surface area contributed by atoms with Crippen molar-refractivity contribution in [2.45, 2.75) is 13.3 Å². The first kappa shape index (κ1) is 9.98. The van der Waals surface area contributed by atoms with Crippen molar-refractivity contribution in [2.24, 2.45) is 0 Å². The predicted molar refractivity (Wildman–Crippen MR) is 62.0 cm³/mol. The van der Waals surface area contributed by atoms with Gasteiger partial charge in [0, 0.05) is 5.56 Å². The molecule has 1 aromatic carbocycles. The molecule has 0 radical (unpaired) electrons. The van der Waals surface area contributed by atoms with E-state index in [1.54, 1.807) is 0 Å². The highest BCUT2D eigenvalue weighted by Crippen LogP contribution is 2.18. The molecular formula is C11H11N3S. The lowest BCUT2D eigenvalue weighted by Crippen LogP contribution is -1.99. The maximum absolute atomic E-state index is 4.98. The van der Waals surface area contributed by atoms with E-state index in [1.807, 2.05) is 37.3 Å². The second-order valence-electron chi connectivity index (χ2n) is 3.16. The highest BCUT2D eigenvalue weighted by atomic mass is 32.1. The van der Waals surface area contributed by atoms with Gasteiger partial charge in [-0.2, -0.15) is 5.10 Å². The SMILES string of the molecule is CCc1n[nH]c(=S)nc1-c1ccccc1. The smallest absolute Gasteiger partial charge is 0.214 e. The number of aryl methyl sites for hydroxylation is 1. The maximum atomic E-state index is 4.98. The van der Waals surface area contributed by atoms with Gasteiger partial charge in [-0.1, -0.05) is 37.3 Å². The Kier molecular flexibility index (Phi) is 2.87. The van der Waals surface area contributed by atoms with Crippen LogP contribution in [0.2, 0.25) is 0 Å². The van der Waals surface area contributed by atoms with Crippen LogP contribution in [0, 0.1) is 4.77 Å². The summed E-state index contributed by atoms with van der Waals surface area (Å²) in [6.45, 7) is 2.05. The van der Waals surface area contributed by atoms with Crippen LogP contribution < -0.4 is 0 Å². The van der Waals surface area contributed by atoms with Crippen LogP contribution in [0.4, 0.5) is 0 Å². The normalized spacial score (nSPS) is 10.2. The summed E-state index contributed by atoms with van der Waals surface area (Å²) in [5.41, 5.74) is 2.87. The van der Waals surface area contributed by atoms with E-state index in [4.69, 9.17) is 12.2 Å². The van der Waals surface area contributed by atoms with Crippen LogP contribution in [0.3, 0.4) is 0 Å². The second-order valence-corrected chi connectivity index (χ2v) is 3.54. The lowest BCUT2D eigenvalue weighted by Gasteiger charge is -2.04. The lowest BCUT2D eigenvalue weighted by molar-refractivity contribution is 0.870. The van der Waals surface area contributed by atoms with Gasteiger partial charge in [-0.3, -0.25) is 5.10 Å². The van der Waals surface area contributed by atoms with Crippen LogP contribution in [0.5, 0.6) is 0 Å². The minimum atomic E-state index is 0.422. The number of hydrogen-bond acceptors (Lipinski definition) is 3. The number of hydrogen-bond donors (Lipinski definition) is 1. The van der Waals surface area contributed by atoms with Gasteiger partial charge in [0.1, 0.15) is 0 Å². The minimum absolute atomic E-state index is 0.422. The summed E-state index contributed by atoms with van der Waals surface area (Å²) in [7, 11) is 0. The van der Waals surface area contributed by atoms with Crippen molar-refractivity contribution in [1.29, 1.82) is 0 Å². The van der Waals surface area contributed by atoms with Crippen molar-refractivity contribution in [3.8, 4) is 11.3 Å². The molecule has 2 aromatic rings. The van der Waals surface area contributed by atoms with E-state index in [0.717, 1.165) is 23.4 Å². The van der Waals surface area contributed by atoms with Crippen LogP contribution in [0.15, 0.2) is 30.3 Å². The van der Waals surface area contributed by atoms with E-state index in [1.165, 1.54) is 0 Å². The highest BCUT2D eigenvalue weighted by Gasteiger charge is 2.05. The van der Waals surface area contributed by atoms with Crippen molar-refractivity contribution in [1.82, 2.24) is 15.2 Å². The fourth-order valence-corrected chi connectivity index (χ4v) is 1.57. The molecule has 0 amide bonds. The molecule has 2 rings (SSSR count). The van der Waals surface area contributed by atoms with Crippen LogP contribution in [0.1, 0.15) is 12.6 Å². The predicted octanol–water partition coefficient (Wildman–Crippen LogP) is 2.76. The van der Waals surface area contributed by atoms with Gasteiger partial charge in [-0.15, -0.1) is 0 Å².